The maximum Gasteiger partial charge on any atom is 0.262 e. The average Bonchev–Trinajstić information content (AvgIpc) is 3.00. The molecule has 3 aromatic rings. The Balaban J connectivity index is 1.65. The van der Waals surface area contributed by atoms with E-state index in [9.17, 15) is 4.79 Å². The van der Waals surface area contributed by atoms with Crippen LogP contribution >= 0.6 is 46.7 Å². The second-order valence-corrected chi connectivity index (χ2v) is 8.25. The number of para-hydroxylation sites is 1. The fourth-order valence-corrected chi connectivity index (χ4v) is 5.56. The zero-order valence-corrected chi connectivity index (χ0v) is 15.6. The first-order valence-electron chi connectivity index (χ1n) is 7.36. The summed E-state index contributed by atoms with van der Waals surface area (Å²) in [6, 6.07) is 13.2. The summed E-state index contributed by atoms with van der Waals surface area (Å²) in [5.41, 5.74) is 0.788. The van der Waals surface area contributed by atoms with Crippen molar-refractivity contribution in [3.63, 3.8) is 0 Å². The molecule has 1 aliphatic heterocycles. The molecule has 0 saturated heterocycles. The third-order valence-electron chi connectivity index (χ3n) is 3.89. The summed E-state index contributed by atoms with van der Waals surface area (Å²) >= 11 is 15.6. The van der Waals surface area contributed by atoms with Gasteiger partial charge in [0, 0.05) is 16.4 Å². The maximum absolute atomic E-state index is 12.8. The number of rotatable bonds is 3. The highest BCUT2D eigenvalue weighted by molar-refractivity contribution is 8.00. The molecule has 2 aromatic carbocycles. The smallest absolute Gasteiger partial charge is 0.262 e. The minimum Gasteiger partial charge on any atom is -0.282 e. The first-order valence-corrected chi connectivity index (χ1v) is 10.1. The molecule has 4 rings (SSSR count). The number of hydrogen-bond donors (Lipinski definition) is 0. The van der Waals surface area contributed by atoms with E-state index < -0.39 is 0 Å². The summed E-state index contributed by atoms with van der Waals surface area (Å²) in [5.74, 6) is 1.59. The summed E-state index contributed by atoms with van der Waals surface area (Å²) in [5, 5.41) is 2.58. The summed E-state index contributed by atoms with van der Waals surface area (Å²) in [6.07, 6.45) is 0. The van der Waals surface area contributed by atoms with Gasteiger partial charge in [0.25, 0.3) is 5.56 Å². The van der Waals surface area contributed by atoms with Crippen molar-refractivity contribution in [2.45, 2.75) is 16.1 Å². The SMILES string of the molecule is O=c1c2ccccc2nc2n1C(CSc1cccc(Cl)c1Cl)CS2. The Hall–Kier alpha value is -1.14. The number of hydrogen-bond acceptors (Lipinski definition) is 4. The molecule has 1 aromatic heterocycles. The van der Waals surface area contributed by atoms with Gasteiger partial charge in [-0.05, 0) is 24.3 Å². The van der Waals surface area contributed by atoms with E-state index in [1.54, 1.807) is 29.6 Å². The quantitative estimate of drug-likeness (QED) is 0.454. The molecule has 7 heteroatoms. The van der Waals surface area contributed by atoms with Gasteiger partial charge in [-0.3, -0.25) is 9.36 Å². The van der Waals surface area contributed by atoms with Gasteiger partial charge < -0.3 is 0 Å². The van der Waals surface area contributed by atoms with E-state index in [0.29, 0.717) is 15.4 Å². The van der Waals surface area contributed by atoms with Crippen molar-refractivity contribution in [1.29, 1.82) is 0 Å². The van der Waals surface area contributed by atoms with Gasteiger partial charge in [-0.15, -0.1) is 11.8 Å². The van der Waals surface area contributed by atoms with Crippen molar-refractivity contribution in [1.82, 2.24) is 9.55 Å². The van der Waals surface area contributed by atoms with Crippen LogP contribution in [0.4, 0.5) is 0 Å². The molecule has 122 valence electrons. The van der Waals surface area contributed by atoms with E-state index in [0.717, 1.165) is 27.1 Å². The fourth-order valence-electron chi connectivity index (χ4n) is 2.70. The van der Waals surface area contributed by atoms with Crippen LogP contribution in [0.2, 0.25) is 10.0 Å². The van der Waals surface area contributed by atoms with Crippen molar-refractivity contribution < 1.29 is 0 Å². The molecular weight excluding hydrogens is 383 g/mol. The normalized spacial score (nSPS) is 16.5. The third kappa shape index (κ3) is 2.84. The monoisotopic (exact) mass is 394 g/mol. The van der Waals surface area contributed by atoms with Crippen LogP contribution in [0.25, 0.3) is 10.9 Å². The largest absolute Gasteiger partial charge is 0.282 e. The average molecular weight is 395 g/mol. The van der Waals surface area contributed by atoms with E-state index in [1.165, 1.54) is 0 Å². The summed E-state index contributed by atoms with van der Waals surface area (Å²) < 4.78 is 1.82. The lowest BCUT2D eigenvalue weighted by molar-refractivity contribution is 0.558. The van der Waals surface area contributed by atoms with E-state index >= 15 is 0 Å². The highest BCUT2D eigenvalue weighted by Gasteiger charge is 2.26. The molecular formula is C17H12Cl2N2OS2. The maximum atomic E-state index is 12.8. The van der Waals surface area contributed by atoms with Crippen LogP contribution in [0.15, 0.2) is 57.3 Å². The van der Waals surface area contributed by atoms with Gasteiger partial charge >= 0.3 is 0 Å². The Labute approximate surface area is 157 Å². The second-order valence-electron chi connectivity index (χ2n) is 5.41. The molecule has 0 fully saturated rings. The summed E-state index contributed by atoms with van der Waals surface area (Å²) in [6.45, 7) is 0. The fraction of sp³-hybridized carbons (Fsp3) is 0.176. The van der Waals surface area contributed by atoms with Gasteiger partial charge in [-0.25, -0.2) is 4.98 Å². The van der Waals surface area contributed by atoms with Crippen LogP contribution in [0, 0.1) is 0 Å². The first kappa shape index (κ1) is 16.3. The van der Waals surface area contributed by atoms with E-state index in [1.807, 2.05) is 41.0 Å². The number of benzene rings is 2. The Morgan fingerprint density at radius 3 is 2.92 bits per heavy atom. The number of fused-ring (bicyclic) bond motifs is 2. The van der Waals surface area contributed by atoms with Crippen molar-refractivity contribution in [3.05, 3.63) is 62.9 Å². The van der Waals surface area contributed by atoms with Gasteiger partial charge in [0.15, 0.2) is 5.16 Å². The Kier molecular flexibility index (Phi) is 4.52. The molecule has 0 spiro atoms. The lowest BCUT2D eigenvalue weighted by Crippen LogP contribution is -2.25. The van der Waals surface area contributed by atoms with Gasteiger partial charge in [0.05, 0.1) is 27.0 Å². The predicted molar refractivity (Wildman–Crippen MR) is 103 cm³/mol. The molecule has 0 bridgehead atoms. The summed E-state index contributed by atoms with van der Waals surface area (Å²) in [7, 11) is 0. The molecule has 0 radical (unpaired) electrons. The minimum absolute atomic E-state index is 0.0309. The van der Waals surface area contributed by atoms with Crippen molar-refractivity contribution in [3.8, 4) is 0 Å². The minimum atomic E-state index is 0.0309. The van der Waals surface area contributed by atoms with Gasteiger partial charge in [-0.2, -0.15) is 0 Å². The first-order chi connectivity index (χ1) is 11.6. The predicted octanol–water partition coefficient (Wildman–Crippen LogP) is 5.14. The van der Waals surface area contributed by atoms with Crippen LogP contribution < -0.4 is 5.56 Å². The topological polar surface area (TPSA) is 34.9 Å². The highest BCUT2D eigenvalue weighted by atomic mass is 35.5. The number of aromatic nitrogens is 2. The molecule has 3 nitrogen and oxygen atoms in total. The standard InChI is InChI=1S/C17H12Cl2N2OS2/c18-12-5-3-7-14(15(12)19)23-8-10-9-24-17-20-13-6-2-1-4-11(13)16(22)21(10)17/h1-7,10H,8-9H2. The van der Waals surface area contributed by atoms with Crippen LogP contribution in [0.1, 0.15) is 6.04 Å². The lowest BCUT2D eigenvalue weighted by Gasteiger charge is -2.14. The van der Waals surface area contributed by atoms with Crippen LogP contribution in [0.5, 0.6) is 0 Å². The van der Waals surface area contributed by atoms with Crippen molar-refractivity contribution in [2.75, 3.05) is 11.5 Å². The van der Waals surface area contributed by atoms with E-state index in [4.69, 9.17) is 23.2 Å². The van der Waals surface area contributed by atoms with Gasteiger partial charge in [-0.1, -0.05) is 53.2 Å². The van der Waals surface area contributed by atoms with Crippen molar-refractivity contribution in [2.24, 2.45) is 0 Å². The number of thioether (sulfide) groups is 2. The summed E-state index contributed by atoms with van der Waals surface area (Å²) in [4.78, 5) is 18.4. The van der Waals surface area contributed by atoms with Gasteiger partial charge in [0.2, 0.25) is 0 Å². The molecule has 2 heterocycles. The second kappa shape index (κ2) is 6.64. The molecule has 24 heavy (non-hydrogen) atoms. The molecule has 0 N–H and O–H groups in total. The van der Waals surface area contributed by atoms with Crippen LogP contribution in [-0.2, 0) is 0 Å². The Bertz CT molecular complexity index is 990. The third-order valence-corrected chi connectivity index (χ3v) is 7.12. The van der Waals surface area contributed by atoms with Gasteiger partial charge in [0.1, 0.15) is 0 Å². The zero-order chi connectivity index (χ0) is 16.7. The number of halogens is 2. The van der Waals surface area contributed by atoms with Crippen molar-refractivity contribution >= 4 is 57.6 Å². The van der Waals surface area contributed by atoms with E-state index in [2.05, 4.69) is 4.98 Å². The highest BCUT2D eigenvalue weighted by Crippen LogP contribution is 2.38. The van der Waals surface area contributed by atoms with E-state index in [-0.39, 0.29) is 11.6 Å². The van der Waals surface area contributed by atoms with Crippen LogP contribution in [-0.4, -0.2) is 21.1 Å². The Morgan fingerprint density at radius 2 is 2.04 bits per heavy atom. The molecule has 1 atom stereocenters. The van der Waals surface area contributed by atoms with Crippen LogP contribution in [0.3, 0.4) is 0 Å². The Morgan fingerprint density at radius 1 is 1.21 bits per heavy atom. The zero-order valence-electron chi connectivity index (χ0n) is 12.4. The lowest BCUT2D eigenvalue weighted by atomic mass is 10.2. The molecule has 0 amide bonds. The number of nitrogens with zero attached hydrogens (tertiary/aromatic N) is 2. The molecule has 1 unspecified atom stereocenters. The molecule has 0 aliphatic carbocycles. The molecule has 1 aliphatic rings. The molecule has 0 saturated carbocycles.